The van der Waals surface area contributed by atoms with Gasteiger partial charge in [0.25, 0.3) is 5.91 Å². The van der Waals surface area contributed by atoms with Crippen molar-refractivity contribution in [1.82, 2.24) is 4.90 Å². The molecular formula is C22H18N2O2S. The molecule has 0 aromatic heterocycles. The number of amides is 1. The molecule has 27 heavy (non-hydrogen) atoms. The Balaban J connectivity index is 1.72. The zero-order valence-electron chi connectivity index (χ0n) is 14.8. The molecule has 0 atom stereocenters. The number of carbonyl (C=O) groups is 1. The Labute approximate surface area is 161 Å². The van der Waals surface area contributed by atoms with E-state index in [9.17, 15) is 9.90 Å². The third-order valence-corrected chi connectivity index (χ3v) is 5.40. The summed E-state index contributed by atoms with van der Waals surface area (Å²) in [5, 5.41) is 12.3. The number of benzene rings is 3. The number of carbonyl (C=O) groups excluding carboxylic acids is 1. The van der Waals surface area contributed by atoms with E-state index in [1.165, 1.54) is 11.8 Å². The van der Waals surface area contributed by atoms with Crippen LogP contribution in [0.15, 0.2) is 76.6 Å². The predicted molar refractivity (Wildman–Crippen MR) is 112 cm³/mol. The Hall–Kier alpha value is -3.05. The highest BCUT2D eigenvalue weighted by Gasteiger charge is 2.32. The lowest BCUT2D eigenvalue weighted by Gasteiger charge is -2.12. The molecule has 0 unspecified atom stereocenters. The monoisotopic (exact) mass is 374 g/mol. The number of phenolic OH excluding ortho intramolecular Hbond substituents is 1. The number of thioether (sulfide) groups is 1. The lowest BCUT2D eigenvalue weighted by Crippen LogP contribution is -2.28. The van der Waals surface area contributed by atoms with Gasteiger partial charge in [-0.25, -0.2) is 4.99 Å². The summed E-state index contributed by atoms with van der Waals surface area (Å²) in [4.78, 5) is 19.8. The van der Waals surface area contributed by atoms with Crippen molar-refractivity contribution in [3.63, 3.8) is 0 Å². The van der Waals surface area contributed by atoms with Gasteiger partial charge in [-0.2, -0.15) is 0 Å². The zero-order valence-corrected chi connectivity index (χ0v) is 15.6. The molecule has 1 saturated heterocycles. The Morgan fingerprint density at radius 2 is 1.78 bits per heavy atom. The lowest BCUT2D eigenvalue weighted by molar-refractivity contribution is -0.122. The molecular weight excluding hydrogens is 356 g/mol. The molecule has 0 saturated carbocycles. The molecule has 3 aromatic rings. The highest BCUT2D eigenvalue weighted by atomic mass is 32.2. The first-order valence-electron chi connectivity index (χ1n) is 8.72. The normalized spacial score (nSPS) is 17.4. The molecule has 4 nitrogen and oxygen atoms in total. The van der Waals surface area contributed by atoms with E-state index >= 15 is 0 Å². The van der Waals surface area contributed by atoms with E-state index in [0.717, 1.165) is 16.3 Å². The molecule has 0 aliphatic carbocycles. The van der Waals surface area contributed by atoms with E-state index < -0.39 is 0 Å². The van der Waals surface area contributed by atoms with Crippen molar-refractivity contribution < 1.29 is 9.90 Å². The van der Waals surface area contributed by atoms with Gasteiger partial charge in [-0.1, -0.05) is 42.5 Å². The topological polar surface area (TPSA) is 52.9 Å². The predicted octanol–water partition coefficient (Wildman–Crippen LogP) is 5.17. The molecule has 134 valence electrons. The average molecular weight is 374 g/mol. The number of hydrogen-bond donors (Lipinski definition) is 1. The fraction of sp³-hybridized carbons (Fsp3) is 0.0909. The second-order valence-corrected chi connectivity index (χ2v) is 7.15. The van der Waals surface area contributed by atoms with Crippen molar-refractivity contribution in [3.8, 4) is 5.75 Å². The van der Waals surface area contributed by atoms with Crippen LogP contribution in [0, 0.1) is 0 Å². The maximum Gasteiger partial charge on any atom is 0.266 e. The Kier molecular flexibility index (Phi) is 4.69. The van der Waals surface area contributed by atoms with Crippen molar-refractivity contribution in [1.29, 1.82) is 0 Å². The number of aromatic hydroxyl groups is 1. The van der Waals surface area contributed by atoms with E-state index in [1.54, 1.807) is 29.2 Å². The van der Waals surface area contributed by atoms with Gasteiger partial charge in [-0.05, 0) is 65.4 Å². The van der Waals surface area contributed by atoms with E-state index in [0.29, 0.717) is 22.3 Å². The van der Waals surface area contributed by atoms with Crippen molar-refractivity contribution in [2.45, 2.75) is 6.92 Å². The summed E-state index contributed by atoms with van der Waals surface area (Å²) >= 11 is 1.38. The molecule has 1 aliphatic rings. The summed E-state index contributed by atoms with van der Waals surface area (Å²) in [6.07, 6.45) is 1.94. The van der Waals surface area contributed by atoms with E-state index in [1.807, 2.05) is 37.3 Å². The SMILES string of the molecule is CCN1C(=O)/C(=C/c2cccc3ccccc23)SC1=Nc1ccc(O)cc1. The third-order valence-electron chi connectivity index (χ3n) is 4.39. The molecule has 5 heteroatoms. The molecule has 0 bridgehead atoms. The number of fused-ring (bicyclic) bond motifs is 1. The first-order valence-corrected chi connectivity index (χ1v) is 9.54. The van der Waals surface area contributed by atoms with Crippen LogP contribution in [0.4, 0.5) is 5.69 Å². The molecule has 1 fully saturated rings. The Bertz CT molecular complexity index is 1070. The number of rotatable bonds is 3. The van der Waals surface area contributed by atoms with Crippen LogP contribution in [0.2, 0.25) is 0 Å². The van der Waals surface area contributed by atoms with Crippen LogP contribution < -0.4 is 0 Å². The minimum absolute atomic E-state index is 0.0343. The molecule has 1 aliphatic heterocycles. The third kappa shape index (κ3) is 3.46. The van der Waals surface area contributed by atoms with Gasteiger partial charge in [0.1, 0.15) is 5.75 Å². The van der Waals surface area contributed by atoms with Crippen LogP contribution in [-0.4, -0.2) is 27.6 Å². The van der Waals surface area contributed by atoms with Crippen molar-refractivity contribution in [2.24, 2.45) is 4.99 Å². The minimum Gasteiger partial charge on any atom is -0.508 e. The van der Waals surface area contributed by atoms with Crippen LogP contribution >= 0.6 is 11.8 Å². The van der Waals surface area contributed by atoms with Crippen molar-refractivity contribution in [3.05, 3.63) is 77.2 Å². The van der Waals surface area contributed by atoms with Gasteiger partial charge in [-0.3, -0.25) is 9.69 Å². The van der Waals surface area contributed by atoms with Gasteiger partial charge >= 0.3 is 0 Å². The largest absolute Gasteiger partial charge is 0.508 e. The first kappa shape index (κ1) is 17.4. The summed E-state index contributed by atoms with van der Waals surface area (Å²) in [7, 11) is 0. The first-order chi connectivity index (χ1) is 13.2. The average Bonchev–Trinajstić information content (AvgIpc) is 2.98. The van der Waals surface area contributed by atoms with Gasteiger partial charge < -0.3 is 5.11 Å². The summed E-state index contributed by atoms with van der Waals surface area (Å²) in [6, 6.07) is 20.9. The second kappa shape index (κ2) is 7.29. The van der Waals surface area contributed by atoms with E-state index in [4.69, 9.17) is 0 Å². The smallest absolute Gasteiger partial charge is 0.266 e. The second-order valence-electron chi connectivity index (χ2n) is 6.14. The standard InChI is InChI=1S/C22H18N2O2S/c1-2-24-21(26)20(27-22(24)23-17-10-12-18(25)13-11-17)14-16-8-5-7-15-6-3-4-9-19(15)16/h3-14,25H,2H2,1H3/b20-14-,23-22?. The molecule has 1 N–H and O–H groups in total. The van der Waals surface area contributed by atoms with Gasteiger partial charge in [0.05, 0.1) is 10.6 Å². The molecule has 0 spiro atoms. The number of likely N-dealkylation sites (N-methyl/N-ethyl adjacent to an activating group) is 1. The molecule has 4 rings (SSSR count). The van der Waals surface area contributed by atoms with Crippen LogP contribution in [0.25, 0.3) is 16.8 Å². The molecule has 3 aromatic carbocycles. The van der Waals surface area contributed by atoms with Crippen molar-refractivity contribution in [2.75, 3.05) is 6.54 Å². The van der Waals surface area contributed by atoms with Crippen molar-refractivity contribution >= 4 is 45.4 Å². The minimum atomic E-state index is -0.0343. The molecule has 1 amide bonds. The Morgan fingerprint density at radius 3 is 2.56 bits per heavy atom. The van der Waals surface area contributed by atoms with Crippen LogP contribution in [0.3, 0.4) is 0 Å². The lowest BCUT2D eigenvalue weighted by atomic mass is 10.0. The number of amidine groups is 1. The Morgan fingerprint density at radius 1 is 1.04 bits per heavy atom. The fourth-order valence-electron chi connectivity index (χ4n) is 3.03. The highest BCUT2D eigenvalue weighted by Crippen LogP contribution is 2.35. The fourth-order valence-corrected chi connectivity index (χ4v) is 4.08. The number of aliphatic imine (C=N–C) groups is 1. The van der Waals surface area contributed by atoms with E-state index in [-0.39, 0.29) is 11.7 Å². The van der Waals surface area contributed by atoms with Crippen LogP contribution in [0.5, 0.6) is 5.75 Å². The van der Waals surface area contributed by atoms with Gasteiger partial charge in [0.2, 0.25) is 0 Å². The number of nitrogens with zero attached hydrogens (tertiary/aromatic N) is 2. The maximum absolute atomic E-state index is 12.8. The highest BCUT2D eigenvalue weighted by molar-refractivity contribution is 8.18. The van der Waals surface area contributed by atoms with Gasteiger partial charge in [0.15, 0.2) is 5.17 Å². The molecule has 0 radical (unpaired) electrons. The van der Waals surface area contributed by atoms with Crippen LogP contribution in [0.1, 0.15) is 12.5 Å². The summed E-state index contributed by atoms with van der Waals surface area (Å²) < 4.78 is 0. The van der Waals surface area contributed by atoms with Crippen LogP contribution in [-0.2, 0) is 4.79 Å². The zero-order chi connectivity index (χ0) is 18.8. The number of hydrogen-bond acceptors (Lipinski definition) is 4. The molecule has 1 heterocycles. The summed E-state index contributed by atoms with van der Waals surface area (Å²) in [5.74, 6) is 0.158. The van der Waals surface area contributed by atoms with E-state index in [2.05, 4.69) is 23.2 Å². The quantitative estimate of drug-likeness (QED) is 0.644. The van der Waals surface area contributed by atoms with Gasteiger partial charge in [0, 0.05) is 6.54 Å². The maximum atomic E-state index is 12.8. The summed E-state index contributed by atoms with van der Waals surface area (Å²) in [6.45, 7) is 2.49. The number of phenols is 1. The van der Waals surface area contributed by atoms with Gasteiger partial charge in [-0.15, -0.1) is 0 Å². The summed E-state index contributed by atoms with van der Waals surface area (Å²) in [5.41, 5.74) is 1.72.